The number of hydrogen-bond acceptors (Lipinski definition) is 3. The smallest absolute Gasteiger partial charge is 0.365 e. The molecule has 2 amide bonds. The Balaban J connectivity index is 1.84. The molecule has 0 saturated carbocycles. The number of amides is 2. The van der Waals surface area contributed by atoms with Crippen LogP contribution in [-0.2, 0) is 14.9 Å². The van der Waals surface area contributed by atoms with Gasteiger partial charge in [0.1, 0.15) is 0 Å². The molecule has 24 heavy (non-hydrogen) atoms. The molecule has 3 rings (SSSR count). The summed E-state index contributed by atoms with van der Waals surface area (Å²) in [7, 11) is 0. The summed E-state index contributed by atoms with van der Waals surface area (Å²) in [5.74, 6) is -0.670. The van der Waals surface area contributed by atoms with Crippen LogP contribution in [0.2, 0.25) is 0 Å². The third kappa shape index (κ3) is 2.75. The fourth-order valence-corrected chi connectivity index (χ4v) is 2.92. The molecule has 1 aromatic rings. The Labute approximate surface area is 136 Å². The van der Waals surface area contributed by atoms with Gasteiger partial charge in [-0.25, -0.2) is 0 Å². The van der Waals surface area contributed by atoms with Crippen molar-refractivity contribution in [3.8, 4) is 0 Å². The molecule has 0 radical (unpaired) electrons. The van der Waals surface area contributed by atoms with Crippen LogP contribution in [0.5, 0.6) is 0 Å². The van der Waals surface area contributed by atoms with Crippen molar-refractivity contribution in [2.75, 3.05) is 25.0 Å². The number of nitrogens with zero attached hydrogens (tertiary/aromatic N) is 1. The van der Waals surface area contributed by atoms with Gasteiger partial charge in [-0.3, -0.25) is 9.59 Å². The van der Waals surface area contributed by atoms with Crippen LogP contribution in [0.1, 0.15) is 29.8 Å². The van der Waals surface area contributed by atoms with E-state index in [1.54, 1.807) is 26.0 Å². The van der Waals surface area contributed by atoms with E-state index in [-0.39, 0.29) is 24.6 Å². The van der Waals surface area contributed by atoms with Gasteiger partial charge in [-0.1, -0.05) is 0 Å². The Bertz CT molecular complexity index is 700. The zero-order chi connectivity index (χ0) is 17.7. The summed E-state index contributed by atoms with van der Waals surface area (Å²) in [6, 6.07) is 4.70. The highest BCUT2D eigenvalue weighted by Crippen LogP contribution is 2.38. The van der Waals surface area contributed by atoms with Crippen molar-refractivity contribution in [2.24, 2.45) is 0 Å². The van der Waals surface area contributed by atoms with Crippen molar-refractivity contribution in [1.29, 1.82) is 0 Å². The van der Waals surface area contributed by atoms with E-state index in [9.17, 15) is 22.8 Å². The molecule has 1 N–H and O–H groups in total. The number of benzene rings is 1. The zero-order valence-corrected chi connectivity index (χ0v) is 13.2. The zero-order valence-electron chi connectivity index (χ0n) is 13.2. The van der Waals surface area contributed by atoms with E-state index in [4.69, 9.17) is 4.74 Å². The van der Waals surface area contributed by atoms with E-state index in [0.29, 0.717) is 11.3 Å². The number of ether oxygens (including phenoxy) is 1. The Morgan fingerprint density at radius 3 is 2.75 bits per heavy atom. The molecule has 1 fully saturated rings. The van der Waals surface area contributed by atoms with Crippen LogP contribution >= 0.6 is 0 Å². The third-order valence-electron chi connectivity index (χ3n) is 4.47. The van der Waals surface area contributed by atoms with Gasteiger partial charge < -0.3 is 15.0 Å². The number of fused-ring (bicyclic) bond motifs is 1. The monoisotopic (exact) mass is 342 g/mol. The first kappa shape index (κ1) is 16.8. The van der Waals surface area contributed by atoms with Gasteiger partial charge in [0.15, 0.2) is 6.10 Å². The number of nitrogens with one attached hydrogen (secondary N) is 1. The second-order valence-electron chi connectivity index (χ2n) is 6.49. The van der Waals surface area contributed by atoms with E-state index in [1.807, 2.05) is 0 Å². The van der Waals surface area contributed by atoms with Crippen molar-refractivity contribution in [2.45, 2.75) is 31.5 Å². The molecule has 1 unspecified atom stereocenters. The van der Waals surface area contributed by atoms with Gasteiger partial charge in [-0.15, -0.1) is 0 Å². The molecule has 1 aromatic carbocycles. The minimum atomic E-state index is -4.50. The van der Waals surface area contributed by atoms with E-state index in [2.05, 4.69) is 5.32 Å². The lowest BCUT2D eigenvalue weighted by atomic mass is 9.85. The Kier molecular flexibility index (Phi) is 3.82. The predicted octanol–water partition coefficient (Wildman–Crippen LogP) is 2.32. The van der Waals surface area contributed by atoms with Crippen LogP contribution in [0.3, 0.4) is 0 Å². The summed E-state index contributed by atoms with van der Waals surface area (Å²) in [6.45, 7) is 2.88. The first-order chi connectivity index (χ1) is 11.1. The maximum absolute atomic E-state index is 12.8. The average molecular weight is 342 g/mol. The first-order valence-electron chi connectivity index (χ1n) is 7.54. The normalized spacial score (nSPS) is 23.0. The van der Waals surface area contributed by atoms with E-state index < -0.39 is 30.1 Å². The summed E-state index contributed by atoms with van der Waals surface area (Å²) in [6.07, 6.45) is -6.47. The quantitative estimate of drug-likeness (QED) is 0.852. The minimum Gasteiger partial charge on any atom is -0.365 e. The lowest BCUT2D eigenvalue weighted by Gasteiger charge is -2.34. The maximum Gasteiger partial charge on any atom is 0.416 e. The summed E-state index contributed by atoms with van der Waals surface area (Å²) in [5, 5.41) is 2.73. The number of anilines is 1. The molecule has 1 atom stereocenters. The predicted molar refractivity (Wildman–Crippen MR) is 79.8 cm³/mol. The fraction of sp³-hybridized carbons (Fsp3) is 0.500. The van der Waals surface area contributed by atoms with Gasteiger partial charge >= 0.3 is 6.18 Å². The molecule has 5 nitrogen and oxygen atoms in total. The van der Waals surface area contributed by atoms with Gasteiger partial charge in [0, 0.05) is 17.8 Å². The molecule has 2 heterocycles. The molecule has 0 aromatic heterocycles. The molecule has 0 aliphatic carbocycles. The van der Waals surface area contributed by atoms with E-state index >= 15 is 0 Å². The lowest BCUT2D eigenvalue weighted by molar-refractivity contribution is -0.233. The summed E-state index contributed by atoms with van der Waals surface area (Å²) in [5.41, 5.74) is 0.766. The highest BCUT2D eigenvalue weighted by Gasteiger charge is 2.44. The maximum atomic E-state index is 12.8. The van der Waals surface area contributed by atoms with Gasteiger partial charge in [0.2, 0.25) is 5.91 Å². The first-order valence-corrected chi connectivity index (χ1v) is 7.54. The highest BCUT2D eigenvalue weighted by atomic mass is 19.4. The minimum absolute atomic E-state index is 0.100. The molecular formula is C16H17F3N2O3. The number of carbonyl (C=O) groups excluding carboxylic acids is 2. The van der Waals surface area contributed by atoms with Crippen molar-refractivity contribution < 1.29 is 27.5 Å². The summed E-state index contributed by atoms with van der Waals surface area (Å²) in [4.78, 5) is 25.6. The number of hydrogen-bond donors (Lipinski definition) is 1. The van der Waals surface area contributed by atoms with Crippen LogP contribution in [0, 0.1) is 0 Å². The number of rotatable bonds is 1. The molecule has 2 aliphatic rings. The number of carbonyl (C=O) groups is 2. The van der Waals surface area contributed by atoms with Crippen LogP contribution in [0.15, 0.2) is 18.2 Å². The van der Waals surface area contributed by atoms with Gasteiger partial charge in [-0.05, 0) is 37.6 Å². The molecule has 8 heteroatoms. The number of halogens is 3. The van der Waals surface area contributed by atoms with Crippen molar-refractivity contribution in [3.05, 3.63) is 29.3 Å². The molecular weight excluding hydrogens is 325 g/mol. The van der Waals surface area contributed by atoms with Crippen molar-refractivity contribution in [1.82, 2.24) is 4.90 Å². The Hall–Kier alpha value is -2.09. The largest absolute Gasteiger partial charge is 0.416 e. The number of alkyl halides is 3. The van der Waals surface area contributed by atoms with Crippen LogP contribution in [0.25, 0.3) is 0 Å². The van der Waals surface area contributed by atoms with Gasteiger partial charge in [0.05, 0.1) is 18.6 Å². The van der Waals surface area contributed by atoms with Crippen LogP contribution in [0.4, 0.5) is 18.9 Å². The number of morpholine rings is 1. The van der Waals surface area contributed by atoms with Gasteiger partial charge in [0.25, 0.3) is 5.91 Å². The van der Waals surface area contributed by atoms with Gasteiger partial charge in [-0.2, -0.15) is 13.2 Å². The van der Waals surface area contributed by atoms with Crippen LogP contribution < -0.4 is 5.32 Å². The fourth-order valence-electron chi connectivity index (χ4n) is 2.92. The SMILES string of the molecule is CC1(C)C(=O)Nc2ccc(C(=O)N3CCOC(C(F)(F)F)C3)cc21. The average Bonchev–Trinajstić information content (AvgIpc) is 2.75. The topological polar surface area (TPSA) is 58.6 Å². The molecule has 130 valence electrons. The van der Waals surface area contributed by atoms with Crippen LogP contribution in [-0.4, -0.2) is 48.7 Å². The molecule has 0 bridgehead atoms. The molecule has 0 spiro atoms. The Morgan fingerprint density at radius 2 is 2.08 bits per heavy atom. The van der Waals surface area contributed by atoms with Crippen molar-refractivity contribution in [3.63, 3.8) is 0 Å². The lowest BCUT2D eigenvalue weighted by Crippen LogP contribution is -2.51. The summed E-state index contributed by atoms with van der Waals surface area (Å²) < 4.78 is 43.1. The van der Waals surface area contributed by atoms with E-state index in [1.165, 1.54) is 6.07 Å². The second-order valence-corrected chi connectivity index (χ2v) is 6.49. The standard InChI is InChI=1S/C16H17F3N2O3/c1-15(2)10-7-9(3-4-11(10)20-14(15)23)13(22)21-5-6-24-12(8-21)16(17,18)19/h3-4,7,12H,5-6,8H2,1-2H3,(H,20,23). The van der Waals surface area contributed by atoms with Crippen molar-refractivity contribution >= 4 is 17.5 Å². The Morgan fingerprint density at radius 1 is 1.38 bits per heavy atom. The van der Waals surface area contributed by atoms with E-state index in [0.717, 1.165) is 4.90 Å². The highest BCUT2D eigenvalue weighted by molar-refractivity contribution is 6.07. The molecule has 1 saturated heterocycles. The third-order valence-corrected chi connectivity index (χ3v) is 4.47. The summed E-state index contributed by atoms with van der Waals surface area (Å²) >= 11 is 0. The second kappa shape index (κ2) is 5.47. The molecule has 2 aliphatic heterocycles.